The molecule has 0 fully saturated rings. The molecule has 0 radical (unpaired) electrons. The van der Waals surface area contributed by atoms with E-state index in [0.29, 0.717) is 22.9 Å². The molecule has 3 aliphatic rings. The minimum absolute atomic E-state index is 0.0799. The number of thiazole rings is 2. The molecule has 0 unspecified atom stereocenters. The SMILES string of the molecule is CC[C@@H](C)[C@@H]1NC(=O)c2csc(n2)[C@@H](C)NC(=O)[C@H]2N=C(O[C@@H]2C)[C@H](C(C)C)NC(=O)c2csc(n2)[C@@H](Cc2ccccc2)NC(=O)[C@H]2N=C1O[C@@H]2C. The predicted octanol–water partition coefficient (Wildman–Crippen LogP) is 4.16. The molecule has 53 heavy (non-hydrogen) atoms. The third-order valence-corrected chi connectivity index (χ3v) is 11.7. The average Bonchev–Trinajstić information content (AvgIpc) is 3.95. The van der Waals surface area contributed by atoms with Gasteiger partial charge in [0.1, 0.15) is 45.7 Å². The summed E-state index contributed by atoms with van der Waals surface area (Å²) in [5.41, 5.74) is 1.34. The van der Waals surface area contributed by atoms with Crippen LogP contribution in [0.15, 0.2) is 51.1 Å². The van der Waals surface area contributed by atoms with E-state index in [9.17, 15) is 19.2 Å². The number of aromatic nitrogens is 2. The summed E-state index contributed by atoms with van der Waals surface area (Å²) in [6.07, 6.45) is -0.0741. The summed E-state index contributed by atoms with van der Waals surface area (Å²) < 4.78 is 12.2. The Balaban J connectivity index is 1.37. The summed E-state index contributed by atoms with van der Waals surface area (Å²) in [5.74, 6) is -1.27. The minimum atomic E-state index is -0.888. The van der Waals surface area contributed by atoms with Crippen molar-refractivity contribution in [2.45, 2.75) is 110 Å². The van der Waals surface area contributed by atoms with Gasteiger partial charge in [0, 0.05) is 10.8 Å². The van der Waals surface area contributed by atoms with Crippen molar-refractivity contribution < 1.29 is 28.7 Å². The first-order valence-electron chi connectivity index (χ1n) is 18.0. The van der Waals surface area contributed by atoms with Crippen LogP contribution in [0.5, 0.6) is 0 Å². The largest absolute Gasteiger partial charge is 0.474 e. The van der Waals surface area contributed by atoms with Gasteiger partial charge in [-0.15, -0.1) is 22.7 Å². The first-order valence-corrected chi connectivity index (χ1v) is 19.7. The quantitative estimate of drug-likeness (QED) is 0.299. The zero-order valence-electron chi connectivity index (χ0n) is 30.8. The number of hydrogen-bond donors (Lipinski definition) is 4. The van der Waals surface area contributed by atoms with Gasteiger partial charge in [-0.1, -0.05) is 64.4 Å². The number of benzene rings is 1. The summed E-state index contributed by atoms with van der Waals surface area (Å²) in [6.45, 7) is 13.1. The van der Waals surface area contributed by atoms with Crippen LogP contribution in [0, 0.1) is 11.8 Å². The molecule has 8 bridgehead atoms. The van der Waals surface area contributed by atoms with E-state index in [1.54, 1.807) is 31.5 Å². The van der Waals surface area contributed by atoms with Crippen LogP contribution in [0.1, 0.15) is 104 Å². The number of carbonyl (C=O) groups excluding carboxylic acids is 4. The van der Waals surface area contributed by atoms with E-state index in [2.05, 4.69) is 31.2 Å². The number of carbonyl (C=O) groups is 4. The molecule has 4 N–H and O–H groups in total. The van der Waals surface area contributed by atoms with E-state index in [1.165, 1.54) is 22.7 Å². The smallest absolute Gasteiger partial charge is 0.271 e. The summed E-state index contributed by atoms with van der Waals surface area (Å²) in [5, 5.41) is 16.5. The maximum absolute atomic E-state index is 14.0. The topological polar surface area (TPSA) is 185 Å². The molecule has 0 spiro atoms. The van der Waals surface area contributed by atoms with E-state index >= 15 is 0 Å². The second-order valence-electron chi connectivity index (χ2n) is 14.1. The van der Waals surface area contributed by atoms with Crippen LogP contribution in [0.25, 0.3) is 0 Å². The summed E-state index contributed by atoms with van der Waals surface area (Å²) in [4.78, 5) is 73.3. The Bertz CT molecular complexity index is 1890. The van der Waals surface area contributed by atoms with Crippen molar-refractivity contribution in [2.24, 2.45) is 21.8 Å². The first-order chi connectivity index (χ1) is 25.3. The lowest BCUT2D eigenvalue weighted by Gasteiger charge is -2.24. The average molecular weight is 763 g/mol. The standard InChI is InChI=1S/C37H46N8O6S2/c1-8-18(4)27-35-45-29(21(7)51-35)33(49)39-23(14-22-12-10-9-11-13-22)37-41-25(16-53-37)30(46)42-26(17(2)3)34-44-28(20(6)50-34)32(48)38-19(5)36-40-24(15-52-36)31(47)43-27/h9-13,15-21,23,26-29H,8,14H2,1-7H3,(H,38,48)(H,39,49)(H,42,46)(H,43,47)/t18-,19-,20-,21-,23-,26+,27+,28+,29+/m1/s1. The third kappa shape index (κ3) is 8.43. The van der Waals surface area contributed by atoms with E-state index < -0.39 is 60.3 Å². The normalized spacial score (nSPS) is 28.7. The van der Waals surface area contributed by atoms with Gasteiger partial charge in [0.25, 0.3) is 11.8 Å². The van der Waals surface area contributed by atoms with Gasteiger partial charge >= 0.3 is 0 Å². The lowest BCUT2D eigenvalue weighted by molar-refractivity contribution is -0.125. The number of nitrogens with one attached hydrogen (secondary N) is 4. The summed E-state index contributed by atoms with van der Waals surface area (Å²) in [7, 11) is 0. The fourth-order valence-corrected chi connectivity index (χ4v) is 8.00. The monoisotopic (exact) mass is 762 g/mol. The molecule has 0 saturated heterocycles. The molecule has 16 heteroatoms. The highest BCUT2D eigenvalue weighted by Gasteiger charge is 2.41. The van der Waals surface area contributed by atoms with Crippen LogP contribution in [0.2, 0.25) is 0 Å². The number of nitrogens with zero attached hydrogens (tertiary/aromatic N) is 4. The highest BCUT2D eigenvalue weighted by molar-refractivity contribution is 7.10. The summed E-state index contributed by atoms with van der Waals surface area (Å²) >= 11 is 2.52. The lowest BCUT2D eigenvalue weighted by atomic mass is 9.98. The van der Waals surface area contributed by atoms with Crippen LogP contribution < -0.4 is 21.3 Å². The maximum atomic E-state index is 14.0. The molecular formula is C37H46N8O6S2. The molecule has 9 atom stereocenters. The van der Waals surface area contributed by atoms with Gasteiger partial charge in [0.05, 0.1) is 12.1 Å². The zero-order chi connectivity index (χ0) is 38.0. The van der Waals surface area contributed by atoms with Crippen molar-refractivity contribution in [3.05, 3.63) is 68.1 Å². The van der Waals surface area contributed by atoms with Crippen LogP contribution in [0.4, 0.5) is 0 Å². The number of rotatable bonds is 5. The van der Waals surface area contributed by atoms with Crippen LogP contribution >= 0.6 is 22.7 Å². The fourth-order valence-electron chi connectivity index (χ4n) is 6.34. The first kappa shape index (κ1) is 38.0. The van der Waals surface area contributed by atoms with Crippen molar-refractivity contribution in [1.29, 1.82) is 0 Å². The molecule has 6 rings (SSSR count). The molecule has 5 heterocycles. The van der Waals surface area contributed by atoms with Crippen molar-refractivity contribution in [2.75, 3.05) is 0 Å². The molecule has 1 aromatic carbocycles. The Hall–Kier alpha value is -4.70. The van der Waals surface area contributed by atoms with E-state index in [1.807, 2.05) is 58.0 Å². The van der Waals surface area contributed by atoms with Gasteiger partial charge < -0.3 is 30.7 Å². The van der Waals surface area contributed by atoms with Crippen molar-refractivity contribution in [3.8, 4) is 0 Å². The number of aliphatic imine (C=N–C) groups is 2. The Kier molecular flexibility index (Phi) is 11.6. The Morgan fingerprint density at radius 2 is 1.25 bits per heavy atom. The van der Waals surface area contributed by atoms with Gasteiger partial charge in [-0.2, -0.15) is 0 Å². The van der Waals surface area contributed by atoms with Crippen LogP contribution in [0.3, 0.4) is 0 Å². The molecule has 3 aliphatic heterocycles. The molecule has 2 aromatic heterocycles. The van der Waals surface area contributed by atoms with Crippen LogP contribution in [-0.2, 0) is 25.5 Å². The minimum Gasteiger partial charge on any atom is -0.474 e. The highest BCUT2D eigenvalue weighted by Crippen LogP contribution is 2.27. The van der Waals surface area contributed by atoms with Gasteiger partial charge in [-0.05, 0) is 44.6 Å². The molecule has 0 saturated carbocycles. The molecule has 4 amide bonds. The highest BCUT2D eigenvalue weighted by atomic mass is 32.1. The number of ether oxygens (including phenoxy) is 2. The van der Waals surface area contributed by atoms with Crippen molar-refractivity contribution >= 4 is 58.1 Å². The number of amides is 4. The molecule has 3 aromatic rings. The molecular weight excluding hydrogens is 717 g/mol. The molecule has 0 aliphatic carbocycles. The van der Waals surface area contributed by atoms with Gasteiger partial charge in [-0.25, -0.2) is 20.0 Å². The van der Waals surface area contributed by atoms with E-state index in [-0.39, 0.29) is 46.8 Å². The van der Waals surface area contributed by atoms with E-state index in [4.69, 9.17) is 19.5 Å². The van der Waals surface area contributed by atoms with Gasteiger partial charge in [-0.3, -0.25) is 19.2 Å². The molecule has 14 nitrogen and oxygen atoms in total. The Labute approximate surface area is 316 Å². The van der Waals surface area contributed by atoms with E-state index in [0.717, 1.165) is 5.56 Å². The fraction of sp³-hybridized carbons (Fsp3) is 0.514. The summed E-state index contributed by atoms with van der Waals surface area (Å²) in [6, 6.07) is 5.59. The van der Waals surface area contributed by atoms with Crippen LogP contribution in [-0.4, -0.2) is 81.8 Å². The third-order valence-electron chi connectivity index (χ3n) is 9.69. The number of hydrogen-bond acceptors (Lipinski definition) is 12. The zero-order valence-corrected chi connectivity index (χ0v) is 32.4. The molecule has 282 valence electrons. The van der Waals surface area contributed by atoms with Gasteiger partial charge in [0.2, 0.25) is 23.6 Å². The second kappa shape index (κ2) is 16.1. The lowest BCUT2D eigenvalue weighted by Crippen LogP contribution is -2.45. The van der Waals surface area contributed by atoms with Gasteiger partial charge in [0.15, 0.2) is 12.1 Å². The Morgan fingerprint density at radius 3 is 1.83 bits per heavy atom. The Morgan fingerprint density at radius 1 is 0.717 bits per heavy atom. The number of fused-ring (bicyclic) bond motifs is 6. The second-order valence-corrected chi connectivity index (χ2v) is 15.9. The van der Waals surface area contributed by atoms with Crippen molar-refractivity contribution in [1.82, 2.24) is 31.2 Å². The maximum Gasteiger partial charge on any atom is 0.271 e. The predicted molar refractivity (Wildman–Crippen MR) is 202 cm³/mol. The van der Waals surface area contributed by atoms with Crippen molar-refractivity contribution in [3.63, 3.8) is 0 Å².